The van der Waals surface area contributed by atoms with Crippen molar-refractivity contribution in [1.82, 2.24) is 9.55 Å². The number of hydrogen-bond donors (Lipinski definition) is 0. The molecular formula is C16H20Cl2N2S. The molecule has 0 aliphatic carbocycles. The maximum Gasteiger partial charge on any atom is 0.125 e. The van der Waals surface area contributed by atoms with Gasteiger partial charge in [0.1, 0.15) is 5.50 Å². The maximum absolute atomic E-state index is 6.67. The van der Waals surface area contributed by atoms with Crippen molar-refractivity contribution >= 4 is 35.0 Å². The van der Waals surface area contributed by atoms with Crippen LogP contribution in [0.15, 0.2) is 43.0 Å². The third kappa shape index (κ3) is 4.94. The molecule has 2 aromatic rings. The predicted octanol–water partition coefficient (Wildman–Crippen LogP) is 5.94. The molecule has 0 bridgehead atoms. The number of rotatable bonds is 8. The van der Waals surface area contributed by atoms with E-state index in [2.05, 4.69) is 24.0 Å². The van der Waals surface area contributed by atoms with Crippen LogP contribution in [-0.2, 0) is 0 Å². The highest BCUT2D eigenvalue weighted by Gasteiger charge is 2.22. The first-order valence-electron chi connectivity index (χ1n) is 7.21. The molecule has 0 amide bonds. The van der Waals surface area contributed by atoms with Crippen molar-refractivity contribution in [2.75, 3.05) is 5.75 Å². The molecule has 0 aliphatic heterocycles. The Balaban J connectivity index is 2.11. The number of aromatic nitrogens is 2. The van der Waals surface area contributed by atoms with E-state index in [1.165, 1.54) is 24.8 Å². The van der Waals surface area contributed by atoms with Gasteiger partial charge in [-0.3, -0.25) is 0 Å². The molecule has 2 unspecified atom stereocenters. The van der Waals surface area contributed by atoms with Crippen molar-refractivity contribution in [2.45, 2.75) is 36.9 Å². The van der Waals surface area contributed by atoms with E-state index in [9.17, 15) is 0 Å². The fraction of sp³-hybridized carbons (Fsp3) is 0.438. The van der Waals surface area contributed by atoms with Crippen LogP contribution in [0.2, 0.25) is 5.02 Å². The van der Waals surface area contributed by atoms with Gasteiger partial charge in [0.05, 0.1) is 11.6 Å². The first-order valence-corrected chi connectivity index (χ1v) is 9.07. The molecule has 21 heavy (non-hydrogen) atoms. The summed E-state index contributed by atoms with van der Waals surface area (Å²) < 4.78 is 1.95. The zero-order valence-electron chi connectivity index (χ0n) is 12.1. The van der Waals surface area contributed by atoms with Crippen molar-refractivity contribution in [3.05, 3.63) is 53.6 Å². The molecule has 1 aromatic heterocycles. The SMILES string of the molecule is CCCCCSC(c1ccc(Cl)cc1)C(Cl)n1ccnc1. The van der Waals surface area contributed by atoms with Gasteiger partial charge in [-0.05, 0) is 29.9 Å². The smallest absolute Gasteiger partial charge is 0.125 e. The minimum Gasteiger partial charge on any atom is -0.319 e. The van der Waals surface area contributed by atoms with Crippen LogP contribution >= 0.6 is 35.0 Å². The van der Waals surface area contributed by atoms with Gasteiger partial charge in [0.2, 0.25) is 0 Å². The van der Waals surface area contributed by atoms with Gasteiger partial charge in [0, 0.05) is 17.4 Å². The van der Waals surface area contributed by atoms with Gasteiger partial charge in [-0.25, -0.2) is 4.98 Å². The molecule has 2 rings (SSSR count). The van der Waals surface area contributed by atoms with Crippen LogP contribution in [0.25, 0.3) is 0 Å². The fourth-order valence-corrected chi connectivity index (χ4v) is 4.00. The Kier molecular flexibility index (Phi) is 6.94. The van der Waals surface area contributed by atoms with Gasteiger partial charge >= 0.3 is 0 Å². The highest BCUT2D eigenvalue weighted by atomic mass is 35.5. The lowest BCUT2D eigenvalue weighted by Gasteiger charge is -2.23. The van der Waals surface area contributed by atoms with Crippen molar-refractivity contribution < 1.29 is 0 Å². The standard InChI is InChI=1S/C16H20Cl2N2S/c1-2-3-4-11-21-15(13-5-7-14(17)8-6-13)16(18)20-10-9-19-12-20/h5-10,12,15-16H,2-4,11H2,1H3. The van der Waals surface area contributed by atoms with E-state index >= 15 is 0 Å². The summed E-state index contributed by atoms with van der Waals surface area (Å²) in [6.07, 6.45) is 9.16. The number of halogens is 2. The van der Waals surface area contributed by atoms with E-state index in [4.69, 9.17) is 23.2 Å². The van der Waals surface area contributed by atoms with E-state index in [1.807, 2.05) is 34.7 Å². The normalized spacial score (nSPS) is 14.0. The van der Waals surface area contributed by atoms with E-state index < -0.39 is 0 Å². The molecule has 0 aliphatic rings. The molecular weight excluding hydrogens is 323 g/mol. The van der Waals surface area contributed by atoms with E-state index in [-0.39, 0.29) is 10.8 Å². The van der Waals surface area contributed by atoms with Crippen LogP contribution in [0.1, 0.15) is 42.5 Å². The van der Waals surface area contributed by atoms with Crippen LogP contribution in [0.3, 0.4) is 0 Å². The summed E-state index contributed by atoms with van der Waals surface area (Å²) in [5, 5.41) is 0.942. The Morgan fingerprint density at radius 3 is 2.62 bits per heavy atom. The molecule has 0 saturated carbocycles. The summed E-state index contributed by atoms with van der Waals surface area (Å²) in [5.41, 5.74) is 1.05. The molecule has 1 aromatic carbocycles. The lowest BCUT2D eigenvalue weighted by Crippen LogP contribution is -2.10. The molecule has 0 fully saturated rings. The van der Waals surface area contributed by atoms with E-state index in [0.717, 1.165) is 10.8 Å². The van der Waals surface area contributed by atoms with Gasteiger partial charge in [-0.1, -0.05) is 55.1 Å². The van der Waals surface area contributed by atoms with E-state index in [0.29, 0.717) is 0 Å². The van der Waals surface area contributed by atoms with Crippen LogP contribution in [-0.4, -0.2) is 15.3 Å². The quantitative estimate of drug-likeness (QED) is 0.436. The van der Waals surface area contributed by atoms with Crippen LogP contribution in [0.4, 0.5) is 0 Å². The summed E-state index contributed by atoms with van der Waals surface area (Å²) >= 11 is 14.6. The second-order valence-corrected chi connectivity index (χ2v) is 7.07. The first-order chi connectivity index (χ1) is 10.2. The summed E-state index contributed by atoms with van der Waals surface area (Å²) in [7, 11) is 0. The van der Waals surface area contributed by atoms with Crippen molar-refractivity contribution in [3.8, 4) is 0 Å². The number of hydrogen-bond acceptors (Lipinski definition) is 2. The summed E-state index contributed by atoms with van der Waals surface area (Å²) in [6.45, 7) is 2.22. The molecule has 0 saturated heterocycles. The van der Waals surface area contributed by atoms with Crippen molar-refractivity contribution in [3.63, 3.8) is 0 Å². The largest absolute Gasteiger partial charge is 0.319 e. The Bertz CT molecular complexity index is 514. The molecule has 5 heteroatoms. The fourth-order valence-electron chi connectivity index (χ4n) is 2.12. The second-order valence-electron chi connectivity index (χ2n) is 4.93. The lowest BCUT2D eigenvalue weighted by molar-refractivity contribution is 0.650. The molecule has 0 radical (unpaired) electrons. The monoisotopic (exact) mass is 342 g/mol. The number of nitrogens with zero attached hydrogens (tertiary/aromatic N) is 2. The molecule has 1 heterocycles. The highest BCUT2D eigenvalue weighted by molar-refractivity contribution is 7.99. The number of benzene rings is 1. The summed E-state index contributed by atoms with van der Waals surface area (Å²) in [4.78, 5) is 4.09. The highest BCUT2D eigenvalue weighted by Crippen LogP contribution is 2.41. The zero-order valence-corrected chi connectivity index (χ0v) is 14.4. The van der Waals surface area contributed by atoms with Gasteiger partial charge in [0.25, 0.3) is 0 Å². The molecule has 0 spiro atoms. The summed E-state index contributed by atoms with van der Waals surface area (Å²) in [6, 6.07) is 7.97. The topological polar surface area (TPSA) is 17.8 Å². The van der Waals surface area contributed by atoms with E-state index in [1.54, 1.807) is 12.5 Å². The Labute approximate surface area is 140 Å². The lowest BCUT2D eigenvalue weighted by atomic mass is 10.1. The Morgan fingerprint density at radius 1 is 1.24 bits per heavy atom. The first kappa shape index (κ1) is 16.7. The third-order valence-corrected chi connectivity index (χ3v) is 5.60. The Hall–Kier alpha value is -0.640. The van der Waals surface area contributed by atoms with Gasteiger partial charge in [-0.15, -0.1) is 0 Å². The zero-order chi connectivity index (χ0) is 15.1. The molecule has 2 atom stereocenters. The molecule has 0 N–H and O–H groups in total. The molecule has 2 nitrogen and oxygen atoms in total. The predicted molar refractivity (Wildman–Crippen MR) is 93.3 cm³/mol. The third-order valence-electron chi connectivity index (χ3n) is 3.30. The van der Waals surface area contributed by atoms with Crippen LogP contribution in [0.5, 0.6) is 0 Å². The summed E-state index contributed by atoms with van der Waals surface area (Å²) in [5.74, 6) is 1.11. The second kappa shape index (κ2) is 8.72. The maximum atomic E-state index is 6.67. The minimum absolute atomic E-state index is 0.152. The average molecular weight is 343 g/mol. The molecule has 114 valence electrons. The van der Waals surface area contributed by atoms with Gasteiger partial charge in [0.15, 0.2) is 0 Å². The van der Waals surface area contributed by atoms with Gasteiger partial charge in [-0.2, -0.15) is 11.8 Å². The van der Waals surface area contributed by atoms with Crippen molar-refractivity contribution in [2.24, 2.45) is 0 Å². The minimum atomic E-state index is -0.152. The number of imidazole rings is 1. The van der Waals surface area contributed by atoms with Crippen molar-refractivity contribution in [1.29, 1.82) is 0 Å². The Morgan fingerprint density at radius 2 is 2.00 bits per heavy atom. The van der Waals surface area contributed by atoms with Crippen LogP contribution < -0.4 is 0 Å². The number of thioether (sulfide) groups is 1. The van der Waals surface area contributed by atoms with Crippen LogP contribution in [0, 0.1) is 0 Å². The number of unbranched alkanes of at least 4 members (excludes halogenated alkanes) is 2. The van der Waals surface area contributed by atoms with Gasteiger partial charge < -0.3 is 4.57 Å². The average Bonchev–Trinajstić information content (AvgIpc) is 3.02. The number of alkyl halides is 1.